The first-order valence-corrected chi connectivity index (χ1v) is 11.1. The van der Waals surface area contributed by atoms with Crippen LogP contribution in [0.4, 0.5) is 5.69 Å². The highest BCUT2D eigenvalue weighted by Gasteiger charge is 2.19. The molecule has 0 atom stereocenters. The minimum absolute atomic E-state index is 0.155. The van der Waals surface area contributed by atoms with Gasteiger partial charge in [-0.15, -0.1) is 0 Å². The Hall–Kier alpha value is -2.70. The molecule has 0 radical (unpaired) electrons. The molecule has 0 unspecified atom stereocenters. The largest absolute Gasteiger partial charge is 0.503 e. The predicted octanol–water partition coefficient (Wildman–Crippen LogP) is 5.24. The number of rotatable bonds is 3. The third kappa shape index (κ3) is 4.36. The van der Waals surface area contributed by atoms with Crippen molar-refractivity contribution in [1.29, 1.82) is 0 Å². The Morgan fingerprint density at radius 3 is 2.35 bits per heavy atom. The van der Waals surface area contributed by atoms with Gasteiger partial charge in [0.05, 0.1) is 26.9 Å². The number of fused-ring (bicyclic) bond motifs is 1. The molecule has 1 aromatic heterocycles. The van der Waals surface area contributed by atoms with Crippen LogP contribution in [0.25, 0.3) is 22.2 Å². The van der Waals surface area contributed by atoms with E-state index >= 15 is 0 Å². The third-order valence-corrected chi connectivity index (χ3v) is 6.42. The molecule has 0 spiro atoms. The Kier molecular flexibility index (Phi) is 6.12. The number of hydrogen-bond donors (Lipinski definition) is 4. The SMILES string of the molecule is Nc1c(Cl)cc(-c2[nH]c3cc(C(=O)NC4CCCCCC4)ccc3c(=O)c2O)cc1Cl. The van der Waals surface area contributed by atoms with Gasteiger partial charge in [0.1, 0.15) is 0 Å². The third-order valence-electron chi connectivity index (χ3n) is 5.80. The number of pyridine rings is 1. The fraction of sp³-hybridized carbons (Fsp3) is 0.304. The minimum atomic E-state index is -0.552. The highest BCUT2D eigenvalue weighted by Crippen LogP contribution is 2.35. The first kappa shape index (κ1) is 21.5. The zero-order chi connectivity index (χ0) is 22.1. The summed E-state index contributed by atoms with van der Waals surface area (Å²) in [6.07, 6.45) is 6.60. The molecule has 4 rings (SSSR count). The summed E-state index contributed by atoms with van der Waals surface area (Å²) in [4.78, 5) is 28.6. The van der Waals surface area contributed by atoms with E-state index in [2.05, 4.69) is 10.3 Å². The number of carbonyl (C=O) groups excluding carboxylic acids is 1. The van der Waals surface area contributed by atoms with Gasteiger partial charge in [0.2, 0.25) is 5.43 Å². The standard InChI is InChI=1S/C23H23Cl2N3O3/c24-16-9-13(10-17(25)19(16)26)20-22(30)21(29)15-8-7-12(11-18(15)28-20)23(31)27-14-5-3-1-2-4-6-14/h7-11,14,30H,1-6,26H2,(H,27,31)(H,28,29). The van der Waals surface area contributed by atoms with E-state index in [4.69, 9.17) is 28.9 Å². The Morgan fingerprint density at radius 2 is 1.71 bits per heavy atom. The summed E-state index contributed by atoms with van der Waals surface area (Å²) in [5.41, 5.74) is 6.88. The number of aromatic nitrogens is 1. The van der Waals surface area contributed by atoms with Crippen LogP contribution in [0.3, 0.4) is 0 Å². The molecule has 1 fully saturated rings. The molecule has 2 aromatic carbocycles. The van der Waals surface area contributed by atoms with Crippen LogP contribution in [0, 0.1) is 0 Å². The van der Waals surface area contributed by atoms with E-state index in [0.717, 1.165) is 25.7 Å². The zero-order valence-electron chi connectivity index (χ0n) is 16.8. The van der Waals surface area contributed by atoms with E-state index in [9.17, 15) is 14.7 Å². The first-order chi connectivity index (χ1) is 14.8. The van der Waals surface area contributed by atoms with Crippen LogP contribution in [-0.2, 0) is 0 Å². The lowest BCUT2D eigenvalue weighted by molar-refractivity contribution is 0.0933. The van der Waals surface area contributed by atoms with E-state index in [-0.39, 0.29) is 38.8 Å². The molecule has 31 heavy (non-hydrogen) atoms. The van der Waals surface area contributed by atoms with Crippen molar-refractivity contribution in [2.75, 3.05) is 5.73 Å². The molecule has 5 N–H and O–H groups in total. The molecule has 1 heterocycles. The quantitative estimate of drug-likeness (QED) is 0.317. The normalized spacial score (nSPS) is 15.0. The van der Waals surface area contributed by atoms with Gasteiger partial charge in [-0.05, 0) is 43.2 Å². The number of aromatic amines is 1. The average Bonchev–Trinajstić information content (AvgIpc) is 3.02. The minimum Gasteiger partial charge on any atom is -0.503 e. The van der Waals surface area contributed by atoms with Crippen molar-refractivity contribution in [3.05, 3.63) is 56.2 Å². The number of nitrogen functional groups attached to an aromatic ring is 1. The summed E-state index contributed by atoms with van der Waals surface area (Å²) in [5.74, 6) is -0.636. The molecule has 3 aromatic rings. The van der Waals surface area contributed by atoms with Crippen molar-refractivity contribution < 1.29 is 9.90 Å². The van der Waals surface area contributed by atoms with Gasteiger partial charge in [0.25, 0.3) is 5.91 Å². The number of halogens is 2. The maximum absolute atomic E-state index is 12.8. The summed E-state index contributed by atoms with van der Waals surface area (Å²) in [5, 5.41) is 14.3. The number of aromatic hydroxyl groups is 1. The van der Waals surface area contributed by atoms with Crippen molar-refractivity contribution in [3.63, 3.8) is 0 Å². The Bertz CT molecular complexity index is 1190. The lowest BCUT2D eigenvalue weighted by Crippen LogP contribution is -2.34. The first-order valence-electron chi connectivity index (χ1n) is 10.3. The second-order valence-electron chi connectivity index (χ2n) is 7.95. The Balaban J connectivity index is 1.73. The smallest absolute Gasteiger partial charge is 0.251 e. The number of anilines is 1. The van der Waals surface area contributed by atoms with Crippen LogP contribution in [0.2, 0.25) is 10.0 Å². The fourth-order valence-electron chi connectivity index (χ4n) is 4.05. The van der Waals surface area contributed by atoms with Gasteiger partial charge in [0, 0.05) is 22.6 Å². The second-order valence-corrected chi connectivity index (χ2v) is 8.77. The second kappa shape index (κ2) is 8.81. The summed E-state index contributed by atoms with van der Waals surface area (Å²) < 4.78 is 0. The maximum Gasteiger partial charge on any atom is 0.251 e. The van der Waals surface area contributed by atoms with Gasteiger partial charge in [-0.3, -0.25) is 9.59 Å². The number of amides is 1. The average molecular weight is 460 g/mol. The van der Waals surface area contributed by atoms with Crippen LogP contribution in [0.15, 0.2) is 35.1 Å². The molecule has 1 aliphatic carbocycles. The Labute approximate surface area is 189 Å². The number of benzene rings is 2. The molecule has 1 aliphatic rings. The van der Waals surface area contributed by atoms with Gasteiger partial charge < -0.3 is 21.1 Å². The topological polar surface area (TPSA) is 108 Å². The summed E-state index contributed by atoms with van der Waals surface area (Å²) in [6, 6.07) is 7.96. The van der Waals surface area contributed by atoms with Gasteiger partial charge in [0.15, 0.2) is 5.75 Å². The van der Waals surface area contributed by atoms with Gasteiger partial charge >= 0.3 is 0 Å². The van der Waals surface area contributed by atoms with Crippen LogP contribution in [-0.4, -0.2) is 22.0 Å². The van der Waals surface area contributed by atoms with E-state index < -0.39 is 11.2 Å². The van der Waals surface area contributed by atoms with Crippen LogP contribution >= 0.6 is 23.2 Å². The highest BCUT2D eigenvalue weighted by atomic mass is 35.5. The van der Waals surface area contributed by atoms with Crippen LogP contribution in [0.1, 0.15) is 48.9 Å². The molecule has 0 aliphatic heterocycles. The maximum atomic E-state index is 12.8. The number of nitrogens with one attached hydrogen (secondary N) is 2. The van der Waals surface area contributed by atoms with Crippen molar-refractivity contribution >= 4 is 45.7 Å². The van der Waals surface area contributed by atoms with Crippen molar-refractivity contribution in [2.45, 2.75) is 44.6 Å². The van der Waals surface area contributed by atoms with Crippen molar-refractivity contribution in [1.82, 2.24) is 10.3 Å². The molecular weight excluding hydrogens is 437 g/mol. The van der Waals surface area contributed by atoms with Gasteiger partial charge in [-0.2, -0.15) is 0 Å². The molecule has 8 heteroatoms. The molecular formula is C23H23Cl2N3O3. The van der Waals surface area contributed by atoms with Crippen LogP contribution < -0.4 is 16.5 Å². The molecule has 162 valence electrons. The zero-order valence-corrected chi connectivity index (χ0v) is 18.3. The van der Waals surface area contributed by atoms with Gasteiger partial charge in [-0.1, -0.05) is 48.9 Å². The molecule has 6 nitrogen and oxygen atoms in total. The van der Waals surface area contributed by atoms with Crippen molar-refractivity contribution in [2.24, 2.45) is 0 Å². The number of hydrogen-bond acceptors (Lipinski definition) is 4. The van der Waals surface area contributed by atoms with Crippen LogP contribution in [0.5, 0.6) is 5.75 Å². The number of carbonyl (C=O) groups is 1. The molecule has 1 amide bonds. The molecule has 0 saturated heterocycles. The lowest BCUT2D eigenvalue weighted by Gasteiger charge is -2.16. The van der Waals surface area contributed by atoms with E-state index in [1.54, 1.807) is 18.2 Å². The van der Waals surface area contributed by atoms with E-state index in [1.807, 2.05) is 0 Å². The molecule has 1 saturated carbocycles. The highest BCUT2D eigenvalue weighted by molar-refractivity contribution is 6.39. The summed E-state index contributed by atoms with van der Waals surface area (Å²) in [6.45, 7) is 0. The Morgan fingerprint density at radius 1 is 1.06 bits per heavy atom. The van der Waals surface area contributed by atoms with Crippen molar-refractivity contribution in [3.8, 4) is 17.0 Å². The van der Waals surface area contributed by atoms with E-state index in [0.29, 0.717) is 16.6 Å². The number of nitrogens with two attached hydrogens (primary N) is 1. The lowest BCUT2D eigenvalue weighted by atomic mass is 10.0. The summed E-state index contributed by atoms with van der Waals surface area (Å²) in [7, 11) is 0. The monoisotopic (exact) mass is 459 g/mol. The van der Waals surface area contributed by atoms with E-state index in [1.165, 1.54) is 25.0 Å². The number of H-pyrrole nitrogens is 1. The molecule has 0 bridgehead atoms. The fourth-order valence-corrected chi connectivity index (χ4v) is 4.54. The summed E-state index contributed by atoms with van der Waals surface area (Å²) >= 11 is 12.2. The predicted molar refractivity (Wildman–Crippen MR) is 125 cm³/mol. The van der Waals surface area contributed by atoms with Gasteiger partial charge in [-0.25, -0.2) is 0 Å².